The van der Waals surface area contributed by atoms with Gasteiger partial charge in [-0.1, -0.05) is 23.7 Å². The zero-order chi connectivity index (χ0) is 14.4. The summed E-state index contributed by atoms with van der Waals surface area (Å²) in [5.74, 6) is 0.763. The maximum Gasteiger partial charge on any atom is 0.252 e. The van der Waals surface area contributed by atoms with Crippen LogP contribution in [0.25, 0.3) is 5.78 Å². The van der Waals surface area contributed by atoms with Gasteiger partial charge in [-0.15, -0.1) is 0 Å². The lowest BCUT2D eigenvalue weighted by molar-refractivity contribution is 0.0962. The summed E-state index contributed by atoms with van der Waals surface area (Å²) in [6.45, 7) is 0. The van der Waals surface area contributed by atoms with Crippen molar-refractivity contribution in [2.24, 2.45) is 0 Å². The van der Waals surface area contributed by atoms with Crippen molar-refractivity contribution in [3.05, 3.63) is 58.6 Å². The Balaban J connectivity index is 1.76. The Morgan fingerprint density at radius 2 is 2.00 bits per heavy atom. The zero-order valence-corrected chi connectivity index (χ0v) is 11.8. The SMILES string of the molecule is O=C1C[C@H](c2ccc(Cl)cc2)Cc2nc3ncnn3cc21. The molecule has 0 radical (unpaired) electrons. The highest BCUT2D eigenvalue weighted by molar-refractivity contribution is 6.30. The second kappa shape index (κ2) is 4.63. The first-order chi connectivity index (χ1) is 10.2. The van der Waals surface area contributed by atoms with Gasteiger partial charge in [0, 0.05) is 17.6 Å². The Bertz CT molecular complexity index is 841. The van der Waals surface area contributed by atoms with Crippen LogP contribution in [-0.2, 0) is 6.42 Å². The second-order valence-electron chi connectivity index (χ2n) is 5.19. The summed E-state index contributed by atoms with van der Waals surface area (Å²) in [7, 11) is 0. The van der Waals surface area contributed by atoms with Crippen LogP contribution in [0, 0.1) is 0 Å². The highest BCUT2D eigenvalue weighted by Gasteiger charge is 2.28. The van der Waals surface area contributed by atoms with Crippen molar-refractivity contribution >= 4 is 23.2 Å². The maximum atomic E-state index is 12.4. The van der Waals surface area contributed by atoms with Crippen molar-refractivity contribution in [3.63, 3.8) is 0 Å². The van der Waals surface area contributed by atoms with Gasteiger partial charge in [-0.3, -0.25) is 4.79 Å². The van der Waals surface area contributed by atoms with E-state index in [1.54, 1.807) is 10.7 Å². The number of nitrogens with zero attached hydrogens (tertiary/aromatic N) is 4. The molecule has 5 nitrogen and oxygen atoms in total. The number of hydrogen-bond acceptors (Lipinski definition) is 4. The fraction of sp³-hybridized carbons (Fsp3) is 0.200. The number of ketones is 1. The Hall–Kier alpha value is -2.27. The fourth-order valence-corrected chi connectivity index (χ4v) is 2.92. The third-order valence-corrected chi connectivity index (χ3v) is 4.12. The summed E-state index contributed by atoms with van der Waals surface area (Å²) >= 11 is 5.92. The quantitative estimate of drug-likeness (QED) is 0.693. The van der Waals surface area contributed by atoms with Crippen molar-refractivity contribution < 1.29 is 4.79 Å². The molecule has 0 N–H and O–H groups in total. The molecule has 1 atom stereocenters. The summed E-state index contributed by atoms with van der Waals surface area (Å²) < 4.78 is 1.54. The molecule has 0 saturated heterocycles. The second-order valence-corrected chi connectivity index (χ2v) is 5.62. The average Bonchev–Trinajstić information content (AvgIpc) is 2.93. The largest absolute Gasteiger partial charge is 0.294 e. The molecular formula is C15H11ClN4O. The van der Waals surface area contributed by atoms with Crippen LogP contribution < -0.4 is 0 Å². The van der Waals surface area contributed by atoms with Gasteiger partial charge < -0.3 is 0 Å². The molecule has 3 aromatic rings. The molecule has 104 valence electrons. The summed E-state index contributed by atoms with van der Waals surface area (Å²) in [5, 5.41) is 4.72. The molecule has 0 fully saturated rings. The van der Waals surface area contributed by atoms with Gasteiger partial charge in [-0.25, -0.2) is 9.50 Å². The van der Waals surface area contributed by atoms with Crippen molar-refractivity contribution in [2.45, 2.75) is 18.8 Å². The van der Waals surface area contributed by atoms with Crippen LogP contribution in [0.1, 0.15) is 34.0 Å². The molecule has 0 aliphatic heterocycles. The number of carbonyl (C=O) groups excluding carboxylic acids is 1. The number of halogens is 1. The van der Waals surface area contributed by atoms with Crippen LogP contribution in [0.4, 0.5) is 0 Å². The molecule has 4 rings (SSSR count). The minimum atomic E-state index is 0.0982. The Labute approximate surface area is 125 Å². The van der Waals surface area contributed by atoms with E-state index in [0.29, 0.717) is 22.8 Å². The lowest BCUT2D eigenvalue weighted by Gasteiger charge is -2.23. The Morgan fingerprint density at radius 3 is 2.81 bits per heavy atom. The van der Waals surface area contributed by atoms with E-state index in [1.165, 1.54) is 6.33 Å². The van der Waals surface area contributed by atoms with Crippen LogP contribution in [-0.4, -0.2) is 25.4 Å². The molecule has 21 heavy (non-hydrogen) atoms. The predicted molar refractivity (Wildman–Crippen MR) is 77.6 cm³/mol. The van der Waals surface area contributed by atoms with Gasteiger partial charge in [0.05, 0.1) is 11.3 Å². The maximum absolute atomic E-state index is 12.4. The number of benzene rings is 1. The first-order valence-electron chi connectivity index (χ1n) is 6.68. The van der Waals surface area contributed by atoms with Gasteiger partial charge >= 0.3 is 0 Å². The van der Waals surface area contributed by atoms with E-state index in [-0.39, 0.29) is 11.7 Å². The van der Waals surface area contributed by atoms with Crippen LogP contribution in [0.5, 0.6) is 0 Å². The molecule has 0 saturated carbocycles. The number of hydrogen-bond donors (Lipinski definition) is 0. The van der Waals surface area contributed by atoms with Crippen molar-refractivity contribution in [2.75, 3.05) is 0 Å². The molecule has 0 spiro atoms. The number of Topliss-reactive ketones (excluding diaryl/α,β-unsaturated/α-hetero) is 1. The molecule has 1 aliphatic carbocycles. The van der Waals surface area contributed by atoms with Gasteiger partial charge in [0.25, 0.3) is 5.78 Å². The summed E-state index contributed by atoms with van der Waals surface area (Å²) in [4.78, 5) is 20.9. The van der Waals surface area contributed by atoms with E-state index in [0.717, 1.165) is 17.7 Å². The van der Waals surface area contributed by atoms with E-state index < -0.39 is 0 Å². The standard InChI is InChI=1S/C15H11ClN4O/c16-11-3-1-9(2-4-11)10-5-13-12(14(21)6-10)7-20-15(19-13)17-8-18-20/h1-4,7-8,10H,5-6H2/t10-/m1/s1. The average molecular weight is 299 g/mol. The molecule has 2 heterocycles. The van der Waals surface area contributed by atoms with Crippen molar-refractivity contribution in [1.82, 2.24) is 19.6 Å². The van der Waals surface area contributed by atoms with Gasteiger partial charge in [-0.05, 0) is 30.0 Å². The van der Waals surface area contributed by atoms with E-state index >= 15 is 0 Å². The van der Waals surface area contributed by atoms with E-state index in [4.69, 9.17) is 11.6 Å². The molecule has 0 bridgehead atoms. The van der Waals surface area contributed by atoms with Gasteiger partial charge in [-0.2, -0.15) is 10.1 Å². The van der Waals surface area contributed by atoms with E-state index in [1.807, 2.05) is 24.3 Å². The van der Waals surface area contributed by atoms with Crippen LogP contribution >= 0.6 is 11.6 Å². The molecule has 2 aromatic heterocycles. The summed E-state index contributed by atoms with van der Waals surface area (Å²) in [5.41, 5.74) is 2.56. The third-order valence-electron chi connectivity index (χ3n) is 3.86. The molecule has 1 aromatic carbocycles. The van der Waals surface area contributed by atoms with E-state index in [2.05, 4.69) is 15.1 Å². The minimum absolute atomic E-state index is 0.0982. The first-order valence-corrected chi connectivity index (χ1v) is 7.06. The number of aromatic nitrogens is 4. The van der Waals surface area contributed by atoms with Gasteiger partial charge in [0.2, 0.25) is 0 Å². The topological polar surface area (TPSA) is 60.2 Å². The Morgan fingerprint density at radius 1 is 1.19 bits per heavy atom. The third kappa shape index (κ3) is 2.10. The predicted octanol–water partition coefficient (Wildman–Crippen LogP) is 2.69. The molecule has 0 amide bonds. The minimum Gasteiger partial charge on any atom is -0.294 e. The number of carbonyl (C=O) groups is 1. The highest BCUT2D eigenvalue weighted by atomic mass is 35.5. The fourth-order valence-electron chi connectivity index (χ4n) is 2.79. The van der Waals surface area contributed by atoms with Crippen molar-refractivity contribution in [1.29, 1.82) is 0 Å². The van der Waals surface area contributed by atoms with Gasteiger partial charge in [0.1, 0.15) is 6.33 Å². The molecule has 1 aliphatic rings. The Kier molecular flexibility index (Phi) is 2.75. The number of rotatable bonds is 1. The summed E-state index contributed by atoms with van der Waals surface area (Å²) in [6, 6.07) is 7.65. The van der Waals surface area contributed by atoms with E-state index in [9.17, 15) is 4.79 Å². The monoisotopic (exact) mass is 298 g/mol. The normalized spacial score (nSPS) is 18.0. The zero-order valence-electron chi connectivity index (χ0n) is 11.0. The molecular weight excluding hydrogens is 288 g/mol. The summed E-state index contributed by atoms with van der Waals surface area (Å²) in [6.07, 6.45) is 4.38. The van der Waals surface area contributed by atoms with Gasteiger partial charge in [0.15, 0.2) is 5.78 Å². The smallest absolute Gasteiger partial charge is 0.252 e. The molecule has 0 unspecified atom stereocenters. The molecule has 6 heteroatoms. The van der Waals surface area contributed by atoms with Crippen LogP contribution in [0.15, 0.2) is 36.8 Å². The van der Waals surface area contributed by atoms with Crippen LogP contribution in [0.3, 0.4) is 0 Å². The highest BCUT2D eigenvalue weighted by Crippen LogP contribution is 2.32. The lowest BCUT2D eigenvalue weighted by atomic mass is 9.82. The van der Waals surface area contributed by atoms with Crippen molar-refractivity contribution in [3.8, 4) is 0 Å². The first kappa shape index (κ1) is 12.5. The lowest BCUT2D eigenvalue weighted by Crippen LogP contribution is -2.21. The van der Waals surface area contributed by atoms with Crippen LogP contribution in [0.2, 0.25) is 5.02 Å². The number of fused-ring (bicyclic) bond motifs is 2.